The van der Waals surface area contributed by atoms with Gasteiger partial charge in [0.25, 0.3) is 0 Å². The number of benzene rings is 2. The lowest BCUT2D eigenvalue weighted by molar-refractivity contribution is -0.139. The molecule has 2 aliphatic rings. The normalized spacial score (nSPS) is 19.8. The molecule has 10 atom stereocenters. The summed E-state index contributed by atoms with van der Waals surface area (Å²) >= 11 is 0. The van der Waals surface area contributed by atoms with Crippen molar-refractivity contribution >= 4 is 58.0 Å². The fraction of sp³-hybridized carbons (Fsp3) is 0.544. The highest BCUT2D eigenvalue weighted by atomic mass is 16.6. The molecular weight excluding hydrogens is 1200 g/mol. The van der Waals surface area contributed by atoms with E-state index in [0.717, 1.165) is 0 Å². The number of aromatic nitrogens is 8. The second-order valence-electron chi connectivity index (χ2n) is 23.0. The molecule has 4 aromatic heterocycles. The van der Waals surface area contributed by atoms with Gasteiger partial charge in [-0.15, -0.1) is 0 Å². The zero-order valence-electron chi connectivity index (χ0n) is 51.9. The van der Waals surface area contributed by atoms with Crippen molar-refractivity contribution in [3.05, 3.63) is 106 Å². The number of hydrogen-bond acceptors (Lipinski definition) is 25. The molecule has 0 radical (unpaired) electrons. The van der Waals surface area contributed by atoms with Crippen molar-refractivity contribution in [2.75, 3.05) is 77.5 Å². The summed E-state index contributed by atoms with van der Waals surface area (Å²) in [6.45, 7) is 10.3. The topological polar surface area (TPSA) is 478 Å². The number of amides is 3. The van der Waals surface area contributed by atoms with Crippen LogP contribution in [0.2, 0.25) is 0 Å². The molecular formula is C57H82N20O15. The van der Waals surface area contributed by atoms with Crippen LogP contribution in [0.25, 0.3) is 43.2 Å². The van der Waals surface area contributed by atoms with E-state index in [9.17, 15) is 44.7 Å². The number of alkyl carbamates (subject to hydrolysis) is 2. The first-order valence-corrected chi connectivity index (χ1v) is 28.5. The molecule has 35 heteroatoms. The molecule has 2 aliphatic heterocycles. The first kappa shape index (κ1) is 73.3. The summed E-state index contributed by atoms with van der Waals surface area (Å²) in [7, 11) is 7.35. The number of hydrogen-bond donors (Lipinski definition) is 9. The number of rotatable bonds is 23. The predicted molar refractivity (Wildman–Crippen MR) is 333 cm³/mol. The number of fused-ring (bicyclic) bond motifs is 2. The van der Waals surface area contributed by atoms with Crippen LogP contribution in [0.1, 0.15) is 72.6 Å². The first-order valence-electron chi connectivity index (χ1n) is 28.5. The Morgan fingerprint density at radius 2 is 1.08 bits per heavy atom. The number of aliphatic hydroxyl groups excluding tert-OH is 4. The van der Waals surface area contributed by atoms with Gasteiger partial charge in [0.1, 0.15) is 71.9 Å². The molecule has 6 aromatic rings. The highest BCUT2D eigenvalue weighted by molar-refractivity contribution is 5.87. The molecule has 0 saturated carbocycles. The molecule has 0 aliphatic carbocycles. The molecule has 10 N–H and O–H groups in total. The van der Waals surface area contributed by atoms with Gasteiger partial charge in [0.15, 0.2) is 46.4 Å². The summed E-state index contributed by atoms with van der Waals surface area (Å²) in [6.07, 6.45) is -1.24. The molecule has 500 valence electrons. The van der Waals surface area contributed by atoms with Gasteiger partial charge in [-0.1, -0.05) is 41.9 Å². The van der Waals surface area contributed by atoms with E-state index in [-0.39, 0.29) is 53.2 Å². The summed E-state index contributed by atoms with van der Waals surface area (Å²) in [6, 6.07) is 9.68. The van der Waals surface area contributed by atoms with Crippen LogP contribution in [-0.4, -0.2) is 216 Å². The summed E-state index contributed by atoms with van der Waals surface area (Å²) in [5.41, 5.74) is 24.3. The maximum absolute atomic E-state index is 13.7. The van der Waals surface area contributed by atoms with E-state index in [2.05, 4.69) is 65.9 Å². The van der Waals surface area contributed by atoms with Crippen LogP contribution >= 0.6 is 0 Å². The molecule has 2 saturated heterocycles. The quantitative estimate of drug-likeness (QED) is 0.0192. The Kier molecular flexibility index (Phi) is 26.7. The number of imidazole rings is 2. The van der Waals surface area contributed by atoms with E-state index in [1.54, 1.807) is 99.5 Å². The predicted octanol–water partition coefficient (Wildman–Crippen LogP) is 3.46. The van der Waals surface area contributed by atoms with Crippen LogP contribution in [-0.2, 0) is 41.4 Å². The molecule has 35 nitrogen and oxygen atoms in total. The molecule has 0 spiro atoms. The number of nitrogens with one attached hydrogen (secondary N) is 3. The number of nitrogens with two attached hydrogens (primary N) is 1. The molecule has 92 heavy (non-hydrogen) atoms. The van der Waals surface area contributed by atoms with Gasteiger partial charge in [0.2, 0.25) is 5.91 Å². The molecule has 2 aromatic carbocycles. The Labute approximate surface area is 529 Å². The molecule has 6 heterocycles. The minimum Gasteiger partial charge on any atom is -0.493 e. The summed E-state index contributed by atoms with van der Waals surface area (Å²) in [5, 5.41) is 64.6. The summed E-state index contributed by atoms with van der Waals surface area (Å²) in [4.78, 5) is 84.0. The third-order valence-corrected chi connectivity index (χ3v) is 13.3. The molecule has 2 unspecified atom stereocenters. The second kappa shape index (κ2) is 33.6. The van der Waals surface area contributed by atoms with Crippen LogP contribution in [0.5, 0.6) is 11.5 Å². The second-order valence-corrected chi connectivity index (χ2v) is 23.0. The average molecular weight is 1290 g/mol. The van der Waals surface area contributed by atoms with Crippen LogP contribution in [0, 0.1) is 0 Å². The standard InChI is InChI=1S/C28H38N10O7.C16H22N4O5.C12H18N6O3.CH4/c1-28(2,3)45-27(42)34-18(12-16-6-8-17(9-7-16)43-11-10-33-36-29)25(41)35-20-19(13-39)44-26(22(20)40)38-15-32-21-23(37(4)5)30-14-31-24(21)38;1-16(2,3)25-15(23)19-13(14(21)22)10-11-4-6-12(7-5-11)24-9-8-18-20-17;1-17(2)10-8-11(15-4-14-10)18(5-16-8)12-9(20)7(13)6(3-19)21-12;/h6-9,14-15,18-20,22,26,39-40H,10-13H2,1-5H3,(H,34,42)(H,35,41);4-7,13H,8-10H2,1-3H3,(H,19,23)(H,21,22);4-7,9,12,19-20H,3,13H2,1-2H3;1H4/t18-,19+,20?,22-,26+;13-;6-,7?,9+,12-;/m001./s1. The summed E-state index contributed by atoms with van der Waals surface area (Å²) < 4.78 is 36.1. The highest BCUT2D eigenvalue weighted by Crippen LogP contribution is 2.34. The maximum atomic E-state index is 13.7. The lowest BCUT2D eigenvalue weighted by atomic mass is 10.0. The third kappa shape index (κ3) is 20.3. The number of nitrogens with zero attached hydrogens (tertiary/aromatic N) is 16. The van der Waals surface area contributed by atoms with Gasteiger partial charge >= 0.3 is 18.2 Å². The van der Waals surface area contributed by atoms with Crippen LogP contribution in [0.3, 0.4) is 0 Å². The summed E-state index contributed by atoms with van der Waals surface area (Å²) in [5.74, 6) is 0.568. The van der Waals surface area contributed by atoms with Crippen molar-refractivity contribution in [1.29, 1.82) is 0 Å². The van der Waals surface area contributed by atoms with Crippen molar-refractivity contribution in [3.63, 3.8) is 0 Å². The Bertz CT molecular complexity index is 3480. The van der Waals surface area contributed by atoms with Crippen molar-refractivity contribution in [2.45, 2.75) is 134 Å². The lowest BCUT2D eigenvalue weighted by Crippen LogP contribution is -2.56. The fourth-order valence-electron chi connectivity index (χ4n) is 9.15. The zero-order chi connectivity index (χ0) is 66.7. The van der Waals surface area contributed by atoms with E-state index in [0.29, 0.717) is 56.6 Å². The number of carbonyl (C=O) groups is 4. The zero-order valence-corrected chi connectivity index (χ0v) is 51.9. The number of carbonyl (C=O) groups excluding carboxylic acids is 3. The smallest absolute Gasteiger partial charge is 0.408 e. The Morgan fingerprint density at radius 1 is 0.663 bits per heavy atom. The number of anilines is 2. The van der Waals surface area contributed by atoms with E-state index < -0.39 is 103 Å². The van der Waals surface area contributed by atoms with Gasteiger partial charge in [0, 0.05) is 50.9 Å². The van der Waals surface area contributed by atoms with Crippen molar-refractivity contribution in [2.24, 2.45) is 16.0 Å². The maximum Gasteiger partial charge on any atom is 0.408 e. The van der Waals surface area contributed by atoms with E-state index in [1.165, 1.54) is 29.9 Å². The van der Waals surface area contributed by atoms with Gasteiger partial charge in [-0.25, -0.2) is 44.3 Å². The van der Waals surface area contributed by atoms with Crippen LogP contribution in [0.4, 0.5) is 21.2 Å². The number of aliphatic hydroxyl groups is 4. The van der Waals surface area contributed by atoms with Crippen LogP contribution < -0.4 is 41.0 Å². The monoisotopic (exact) mass is 1290 g/mol. The van der Waals surface area contributed by atoms with Gasteiger partial charge in [-0.05, 0) is 88.0 Å². The van der Waals surface area contributed by atoms with Crippen molar-refractivity contribution in [1.82, 2.24) is 55.0 Å². The van der Waals surface area contributed by atoms with Gasteiger partial charge in [0.05, 0.1) is 64.3 Å². The molecule has 0 bridgehead atoms. The van der Waals surface area contributed by atoms with Crippen LogP contribution in [0.15, 0.2) is 84.1 Å². The minimum absolute atomic E-state index is 0. The average Bonchev–Trinajstić information content (AvgIpc) is 1.70. The van der Waals surface area contributed by atoms with Gasteiger partial charge < -0.3 is 85.4 Å². The van der Waals surface area contributed by atoms with Gasteiger partial charge in [-0.3, -0.25) is 13.9 Å². The number of carboxylic acid groups (broad SMARTS) is 1. The van der Waals surface area contributed by atoms with Crippen molar-refractivity contribution in [3.8, 4) is 11.5 Å². The third-order valence-electron chi connectivity index (χ3n) is 13.3. The number of ether oxygens (including phenoxy) is 6. The van der Waals surface area contributed by atoms with Crippen molar-refractivity contribution < 1.29 is 73.1 Å². The number of carboxylic acids is 1. The molecule has 8 rings (SSSR count). The highest BCUT2D eigenvalue weighted by Gasteiger charge is 2.47. The number of azide groups is 2. The largest absolute Gasteiger partial charge is 0.493 e. The lowest BCUT2D eigenvalue weighted by Gasteiger charge is -2.26. The Balaban J connectivity index is 0.000000275. The Morgan fingerprint density at radius 3 is 1.47 bits per heavy atom. The van der Waals surface area contributed by atoms with E-state index in [4.69, 9.17) is 45.2 Å². The SMILES string of the molecule is C.CC(C)(C)OC(=O)N[C@@H](Cc1ccc(OCCN=[N+]=[N-])cc1)C(=O)O.CN(C)c1ncnc2c1ncn2[C@@H]1O[C@H](CO)C(N)[C@@H]1O.CN(C)c1ncnc2c1ncn2[C@@H]1O[C@H](CO)C(NC(=O)[C@H](Cc2ccc(OCCN=[N+]=[N-])cc2)NC(=O)OC(C)(C)C)[C@@H]1O. The van der Waals surface area contributed by atoms with Gasteiger partial charge in [-0.2, -0.15) is 0 Å². The van der Waals surface area contributed by atoms with E-state index in [1.807, 2.05) is 33.1 Å². The molecule has 2 fully saturated rings. The Hall–Kier alpha value is -9.44. The number of aliphatic carboxylic acids is 1. The molecule has 3 amide bonds. The first-order chi connectivity index (χ1) is 43.2. The fourth-order valence-corrected chi connectivity index (χ4v) is 9.15. The van der Waals surface area contributed by atoms with E-state index >= 15 is 0 Å². The minimum atomic E-state index is -1.31.